The molecule has 0 aliphatic carbocycles. The number of nitrogens with two attached hydrogens (primary N) is 1. The first kappa shape index (κ1) is 20.0. The van der Waals surface area contributed by atoms with Crippen molar-refractivity contribution in [2.24, 2.45) is 5.73 Å². The maximum Gasteiger partial charge on any atom is 0.311 e. The molecule has 4 rings (SSSR count). The van der Waals surface area contributed by atoms with Gasteiger partial charge in [-0.15, -0.1) is 5.10 Å². The highest BCUT2D eigenvalue weighted by Crippen LogP contribution is 2.44. The molecule has 1 atom stereocenters. The fourth-order valence-corrected chi connectivity index (χ4v) is 3.39. The van der Waals surface area contributed by atoms with Gasteiger partial charge in [-0.1, -0.05) is 24.3 Å². The molecule has 0 spiro atoms. The minimum atomic E-state index is -0.745. The molecule has 1 aliphatic rings. The van der Waals surface area contributed by atoms with Crippen molar-refractivity contribution in [1.29, 1.82) is 5.26 Å². The number of H-pyrrole nitrogens is 1. The predicted molar refractivity (Wildman–Crippen MR) is 107 cm³/mol. The van der Waals surface area contributed by atoms with Gasteiger partial charge in [0, 0.05) is 0 Å². The van der Waals surface area contributed by atoms with Crippen LogP contribution in [0.15, 0.2) is 60.0 Å². The second-order valence-corrected chi connectivity index (χ2v) is 6.70. The molecule has 31 heavy (non-hydrogen) atoms. The van der Waals surface area contributed by atoms with Gasteiger partial charge >= 0.3 is 5.97 Å². The number of para-hydroxylation sites is 1. The van der Waals surface area contributed by atoms with Gasteiger partial charge in [0.1, 0.15) is 17.4 Å². The molecule has 1 unspecified atom stereocenters. The van der Waals surface area contributed by atoms with E-state index in [0.29, 0.717) is 22.6 Å². The molecule has 156 valence electrons. The Morgan fingerprint density at radius 1 is 1.32 bits per heavy atom. The van der Waals surface area contributed by atoms with Crippen LogP contribution in [0.1, 0.15) is 22.7 Å². The first-order chi connectivity index (χ1) is 15.0. The zero-order valence-electron chi connectivity index (χ0n) is 16.4. The third kappa shape index (κ3) is 3.79. The number of hydrogen-bond donors (Lipinski definition) is 2. The van der Waals surface area contributed by atoms with E-state index in [1.54, 1.807) is 24.3 Å². The zero-order valence-corrected chi connectivity index (χ0v) is 16.4. The van der Waals surface area contributed by atoms with E-state index < -0.39 is 17.7 Å². The molecule has 2 heterocycles. The Balaban J connectivity index is 1.81. The van der Waals surface area contributed by atoms with Crippen molar-refractivity contribution >= 4 is 5.97 Å². The number of nitrogens with one attached hydrogen (secondary N) is 1. The number of benzene rings is 2. The second-order valence-electron chi connectivity index (χ2n) is 6.70. The van der Waals surface area contributed by atoms with Crippen LogP contribution < -0.4 is 15.2 Å². The number of esters is 1. The number of rotatable bonds is 5. The van der Waals surface area contributed by atoms with Crippen LogP contribution in [0.2, 0.25) is 0 Å². The SMILES string of the molecule is COC(=O)Cc1[nH]nc2c1C(c1ccc(F)c(Oc3ccccc3)c1)C(C#N)=C(N)O2. The van der Waals surface area contributed by atoms with E-state index in [-0.39, 0.29) is 29.5 Å². The molecule has 0 saturated carbocycles. The van der Waals surface area contributed by atoms with Gasteiger partial charge in [-0.3, -0.25) is 9.89 Å². The van der Waals surface area contributed by atoms with Crippen LogP contribution in [0, 0.1) is 17.1 Å². The Morgan fingerprint density at radius 2 is 2.10 bits per heavy atom. The van der Waals surface area contributed by atoms with Crippen molar-refractivity contribution < 1.29 is 23.4 Å². The molecule has 3 N–H and O–H groups in total. The van der Waals surface area contributed by atoms with Crippen LogP contribution in [0.3, 0.4) is 0 Å². The van der Waals surface area contributed by atoms with E-state index >= 15 is 0 Å². The summed E-state index contributed by atoms with van der Waals surface area (Å²) in [6.45, 7) is 0. The molecule has 0 bridgehead atoms. The standard InChI is InChI=1S/C22H17FN4O4/c1-29-18(28)10-16-20-19(14(11-24)21(25)31-22(20)27-26-16)12-7-8-15(23)17(9-12)30-13-5-3-2-4-6-13/h2-9,19H,10,25H2,1H3,(H,26,27). The Hall–Kier alpha value is -4.32. The molecule has 9 heteroatoms. The molecule has 1 aliphatic heterocycles. The van der Waals surface area contributed by atoms with Crippen LogP contribution in [-0.2, 0) is 16.0 Å². The van der Waals surface area contributed by atoms with Crippen molar-refractivity contribution in [2.75, 3.05) is 7.11 Å². The van der Waals surface area contributed by atoms with Gasteiger partial charge in [0.15, 0.2) is 11.6 Å². The lowest BCUT2D eigenvalue weighted by Crippen LogP contribution is -2.22. The van der Waals surface area contributed by atoms with Crippen molar-refractivity contribution in [3.8, 4) is 23.4 Å². The molecular weight excluding hydrogens is 403 g/mol. The molecular formula is C22H17FN4O4. The van der Waals surface area contributed by atoms with Gasteiger partial charge in [-0.05, 0) is 29.8 Å². The summed E-state index contributed by atoms with van der Waals surface area (Å²) >= 11 is 0. The summed E-state index contributed by atoms with van der Waals surface area (Å²) in [5, 5.41) is 16.5. The molecule has 1 aromatic heterocycles. The van der Waals surface area contributed by atoms with Gasteiger partial charge in [-0.2, -0.15) is 5.26 Å². The number of carbonyl (C=O) groups is 1. The van der Waals surface area contributed by atoms with E-state index in [0.717, 1.165) is 0 Å². The molecule has 2 aromatic carbocycles. The van der Waals surface area contributed by atoms with Crippen LogP contribution in [0.4, 0.5) is 4.39 Å². The lowest BCUT2D eigenvalue weighted by Gasteiger charge is -2.24. The monoisotopic (exact) mass is 420 g/mol. The summed E-state index contributed by atoms with van der Waals surface area (Å²) in [5.41, 5.74) is 7.43. The highest BCUT2D eigenvalue weighted by Gasteiger charge is 2.36. The number of aromatic amines is 1. The predicted octanol–water partition coefficient (Wildman–Crippen LogP) is 3.27. The molecule has 0 amide bonds. The highest BCUT2D eigenvalue weighted by atomic mass is 19.1. The average molecular weight is 420 g/mol. The fourth-order valence-electron chi connectivity index (χ4n) is 3.39. The van der Waals surface area contributed by atoms with E-state index in [9.17, 15) is 14.4 Å². The number of ether oxygens (including phenoxy) is 3. The summed E-state index contributed by atoms with van der Waals surface area (Å²) < 4.78 is 30.4. The average Bonchev–Trinajstić information content (AvgIpc) is 3.16. The molecule has 8 nitrogen and oxygen atoms in total. The highest BCUT2D eigenvalue weighted by molar-refractivity contribution is 5.73. The third-order valence-corrected chi connectivity index (χ3v) is 4.83. The van der Waals surface area contributed by atoms with Gasteiger partial charge in [-0.25, -0.2) is 4.39 Å². The van der Waals surface area contributed by atoms with E-state index in [2.05, 4.69) is 10.2 Å². The largest absolute Gasteiger partial charge is 0.469 e. The van der Waals surface area contributed by atoms with Crippen molar-refractivity contribution in [1.82, 2.24) is 10.2 Å². The fraction of sp³-hybridized carbons (Fsp3) is 0.136. The minimum Gasteiger partial charge on any atom is -0.469 e. The smallest absolute Gasteiger partial charge is 0.311 e. The number of nitriles is 1. The van der Waals surface area contributed by atoms with Gasteiger partial charge < -0.3 is 19.9 Å². The second kappa shape index (κ2) is 8.20. The topological polar surface area (TPSA) is 123 Å². The van der Waals surface area contributed by atoms with Gasteiger partial charge in [0.2, 0.25) is 11.8 Å². The first-order valence-corrected chi connectivity index (χ1v) is 9.25. The molecule has 0 fully saturated rings. The number of hydrogen-bond acceptors (Lipinski definition) is 7. The van der Waals surface area contributed by atoms with Crippen molar-refractivity contribution in [2.45, 2.75) is 12.3 Å². The molecule has 3 aromatic rings. The Labute approximate surface area is 176 Å². The summed E-state index contributed by atoms with van der Waals surface area (Å²) in [6.07, 6.45) is -0.119. The van der Waals surface area contributed by atoms with Crippen LogP contribution in [0.25, 0.3) is 0 Å². The number of carbonyl (C=O) groups excluding carboxylic acids is 1. The summed E-state index contributed by atoms with van der Waals surface area (Å²) in [5.74, 6) is -1.37. The Bertz CT molecular complexity index is 1210. The van der Waals surface area contributed by atoms with Gasteiger partial charge in [0.05, 0.1) is 30.7 Å². The number of allylic oxidation sites excluding steroid dienone is 1. The normalized spacial score (nSPS) is 14.9. The van der Waals surface area contributed by atoms with Crippen LogP contribution in [0.5, 0.6) is 17.4 Å². The van der Waals surface area contributed by atoms with Crippen LogP contribution in [-0.4, -0.2) is 23.3 Å². The Kier molecular flexibility index (Phi) is 5.28. The van der Waals surface area contributed by atoms with Gasteiger partial charge in [0.25, 0.3) is 0 Å². The number of nitrogens with zero attached hydrogens (tertiary/aromatic N) is 2. The third-order valence-electron chi connectivity index (χ3n) is 4.83. The first-order valence-electron chi connectivity index (χ1n) is 9.25. The maximum absolute atomic E-state index is 14.5. The van der Waals surface area contributed by atoms with E-state index in [4.69, 9.17) is 19.9 Å². The van der Waals surface area contributed by atoms with E-state index in [1.165, 1.54) is 25.3 Å². The number of halogens is 1. The molecule has 0 radical (unpaired) electrons. The minimum absolute atomic E-state index is 0.0226. The van der Waals surface area contributed by atoms with Crippen molar-refractivity contribution in [3.05, 3.63) is 82.6 Å². The Morgan fingerprint density at radius 3 is 2.81 bits per heavy atom. The van der Waals surface area contributed by atoms with E-state index in [1.807, 2.05) is 12.1 Å². The zero-order chi connectivity index (χ0) is 22.0. The summed E-state index contributed by atoms with van der Waals surface area (Å²) in [7, 11) is 1.27. The quantitative estimate of drug-likeness (QED) is 0.607. The number of methoxy groups -OCH3 is 1. The summed E-state index contributed by atoms with van der Waals surface area (Å²) in [6, 6.07) is 15.0. The van der Waals surface area contributed by atoms with Crippen molar-refractivity contribution in [3.63, 3.8) is 0 Å². The maximum atomic E-state index is 14.5. The lowest BCUT2D eigenvalue weighted by molar-refractivity contribution is -0.139. The number of fused-ring (bicyclic) bond motifs is 1. The number of aromatic nitrogens is 2. The summed E-state index contributed by atoms with van der Waals surface area (Å²) in [4.78, 5) is 11.8. The lowest BCUT2D eigenvalue weighted by atomic mass is 9.83. The van der Waals surface area contributed by atoms with Crippen LogP contribution >= 0.6 is 0 Å². The molecule has 0 saturated heterocycles.